The van der Waals surface area contributed by atoms with Gasteiger partial charge in [-0.05, 0) is 13.1 Å². The first-order valence-electron chi connectivity index (χ1n) is 6.43. The Morgan fingerprint density at radius 2 is 2.40 bits per heavy atom. The first kappa shape index (κ1) is 13.1. The lowest BCUT2D eigenvalue weighted by Gasteiger charge is -2.23. The lowest BCUT2D eigenvalue weighted by Crippen LogP contribution is -2.38. The summed E-state index contributed by atoms with van der Waals surface area (Å²) < 4.78 is 0. The van der Waals surface area contributed by atoms with E-state index in [1.807, 2.05) is 16.5 Å². The van der Waals surface area contributed by atoms with E-state index in [0.717, 1.165) is 22.7 Å². The summed E-state index contributed by atoms with van der Waals surface area (Å²) in [5.74, 6) is 0.0779. The van der Waals surface area contributed by atoms with Crippen molar-refractivity contribution in [2.75, 3.05) is 13.6 Å². The molecular weight excluding hydrogens is 274 g/mol. The van der Waals surface area contributed by atoms with Crippen LogP contribution in [0, 0.1) is 0 Å². The standard InChI is InChI=1S/C13H15N5OS/c1-14-11-12-10(17-8-20-12)3-5-18(13(11)19)6-9-2-4-15-7-16-9/h2,4,7-8,11,14H,3,5-6H2,1H3. The monoisotopic (exact) mass is 289 g/mol. The highest BCUT2D eigenvalue weighted by Crippen LogP contribution is 2.27. The molecule has 1 atom stereocenters. The number of thiazole rings is 1. The first-order chi connectivity index (χ1) is 9.79. The molecule has 2 aromatic heterocycles. The summed E-state index contributed by atoms with van der Waals surface area (Å²) in [6, 6.07) is 1.53. The molecule has 1 amide bonds. The molecule has 7 heteroatoms. The van der Waals surface area contributed by atoms with E-state index in [0.29, 0.717) is 13.1 Å². The van der Waals surface area contributed by atoms with Crippen molar-refractivity contribution in [2.45, 2.75) is 19.0 Å². The number of nitrogens with one attached hydrogen (secondary N) is 1. The molecule has 0 aromatic carbocycles. The number of nitrogens with zero attached hydrogens (tertiary/aromatic N) is 4. The predicted molar refractivity (Wildman–Crippen MR) is 75.1 cm³/mol. The van der Waals surface area contributed by atoms with Gasteiger partial charge in [0.1, 0.15) is 12.4 Å². The van der Waals surface area contributed by atoms with E-state index in [9.17, 15) is 4.79 Å². The Kier molecular flexibility index (Phi) is 3.70. The van der Waals surface area contributed by atoms with Crippen LogP contribution in [-0.4, -0.2) is 39.4 Å². The molecule has 104 valence electrons. The fourth-order valence-electron chi connectivity index (χ4n) is 2.37. The molecule has 0 saturated heterocycles. The lowest BCUT2D eigenvalue weighted by molar-refractivity contribution is -0.133. The van der Waals surface area contributed by atoms with Gasteiger partial charge in [-0.2, -0.15) is 0 Å². The number of fused-ring (bicyclic) bond motifs is 1. The van der Waals surface area contributed by atoms with Gasteiger partial charge in [-0.3, -0.25) is 4.79 Å². The zero-order valence-corrected chi connectivity index (χ0v) is 11.9. The van der Waals surface area contributed by atoms with E-state index in [4.69, 9.17) is 0 Å². The minimum absolute atomic E-state index is 0.0779. The SMILES string of the molecule is CNC1C(=O)N(Cc2ccncn2)CCc2ncsc21. The van der Waals surface area contributed by atoms with Gasteiger partial charge in [-0.25, -0.2) is 15.0 Å². The fourth-order valence-corrected chi connectivity index (χ4v) is 3.30. The van der Waals surface area contributed by atoms with Crippen LogP contribution in [0.15, 0.2) is 24.1 Å². The third-order valence-electron chi connectivity index (χ3n) is 3.40. The molecule has 1 aliphatic heterocycles. The van der Waals surface area contributed by atoms with Crippen molar-refractivity contribution in [1.29, 1.82) is 0 Å². The van der Waals surface area contributed by atoms with Gasteiger partial charge in [0, 0.05) is 19.2 Å². The van der Waals surface area contributed by atoms with Crippen LogP contribution in [0.5, 0.6) is 0 Å². The Labute approximate surface area is 120 Å². The summed E-state index contributed by atoms with van der Waals surface area (Å²) in [6.07, 6.45) is 3.98. The minimum atomic E-state index is -0.304. The third-order valence-corrected chi connectivity index (χ3v) is 4.33. The Morgan fingerprint density at radius 1 is 1.50 bits per heavy atom. The van der Waals surface area contributed by atoms with Crippen LogP contribution in [0.25, 0.3) is 0 Å². The van der Waals surface area contributed by atoms with E-state index in [-0.39, 0.29) is 11.9 Å². The average Bonchev–Trinajstić information content (AvgIpc) is 2.89. The molecule has 0 aliphatic carbocycles. The predicted octanol–water partition coefficient (Wildman–Crippen LogP) is 0.778. The van der Waals surface area contributed by atoms with Crippen molar-refractivity contribution in [3.8, 4) is 0 Å². The number of likely N-dealkylation sites (N-methyl/N-ethyl adjacent to an activating group) is 1. The summed E-state index contributed by atoms with van der Waals surface area (Å²) >= 11 is 1.54. The van der Waals surface area contributed by atoms with Gasteiger partial charge >= 0.3 is 0 Å². The molecular formula is C13H15N5OS. The van der Waals surface area contributed by atoms with E-state index < -0.39 is 0 Å². The van der Waals surface area contributed by atoms with Gasteiger partial charge in [-0.15, -0.1) is 11.3 Å². The highest BCUT2D eigenvalue weighted by Gasteiger charge is 2.31. The second kappa shape index (κ2) is 5.64. The highest BCUT2D eigenvalue weighted by molar-refractivity contribution is 7.10. The van der Waals surface area contributed by atoms with Gasteiger partial charge in [-0.1, -0.05) is 0 Å². The molecule has 1 N–H and O–H groups in total. The number of carbonyl (C=O) groups excluding carboxylic acids is 1. The average molecular weight is 289 g/mol. The topological polar surface area (TPSA) is 71.0 Å². The van der Waals surface area contributed by atoms with E-state index in [2.05, 4.69) is 20.3 Å². The van der Waals surface area contributed by atoms with Crippen molar-refractivity contribution in [3.63, 3.8) is 0 Å². The van der Waals surface area contributed by atoms with Gasteiger partial charge in [0.15, 0.2) is 0 Å². The smallest absolute Gasteiger partial charge is 0.245 e. The van der Waals surface area contributed by atoms with Gasteiger partial charge < -0.3 is 10.2 Å². The van der Waals surface area contributed by atoms with Gasteiger partial charge in [0.25, 0.3) is 0 Å². The molecule has 6 nitrogen and oxygen atoms in total. The summed E-state index contributed by atoms with van der Waals surface area (Å²) in [6.45, 7) is 1.17. The Morgan fingerprint density at radius 3 is 3.15 bits per heavy atom. The molecule has 0 fully saturated rings. The molecule has 0 bridgehead atoms. The van der Waals surface area contributed by atoms with Gasteiger partial charge in [0.2, 0.25) is 5.91 Å². The van der Waals surface area contributed by atoms with E-state index in [1.54, 1.807) is 13.2 Å². The summed E-state index contributed by atoms with van der Waals surface area (Å²) in [5.41, 5.74) is 3.68. The summed E-state index contributed by atoms with van der Waals surface area (Å²) in [5, 5.41) is 3.10. The van der Waals surface area contributed by atoms with E-state index >= 15 is 0 Å². The van der Waals surface area contributed by atoms with Crippen LogP contribution in [0.3, 0.4) is 0 Å². The largest absolute Gasteiger partial charge is 0.335 e. The minimum Gasteiger partial charge on any atom is -0.335 e. The van der Waals surface area contributed by atoms with Crippen molar-refractivity contribution < 1.29 is 4.79 Å². The highest BCUT2D eigenvalue weighted by atomic mass is 32.1. The fraction of sp³-hybridized carbons (Fsp3) is 0.385. The maximum Gasteiger partial charge on any atom is 0.245 e. The summed E-state index contributed by atoms with van der Waals surface area (Å²) in [4.78, 5) is 28.0. The van der Waals surface area contributed by atoms with Crippen LogP contribution >= 0.6 is 11.3 Å². The Hall–Kier alpha value is -1.86. The zero-order valence-electron chi connectivity index (χ0n) is 11.1. The molecule has 3 rings (SSSR count). The summed E-state index contributed by atoms with van der Waals surface area (Å²) in [7, 11) is 1.81. The number of rotatable bonds is 3. The Balaban J connectivity index is 1.84. The molecule has 2 aromatic rings. The molecule has 0 spiro atoms. The van der Waals surface area contributed by atoms with E-state index in [1.165, 1.54) is 17.7 Å². The molecule has 1 unspecified atom stereocenters. The van der Waals surface area contributed by atoms with Crippen LogP contribution in [0.1, 0.15) is 22.3 Å². The van der Waals surface area contributed by atoms with Crippen LogP contribution in [-0.2, 0) is 17.8 Å². The number of aromatic nitrogens is 3. The van der Waals surface area contributed by atoms with Gasteiger partial charge in [0.05, 0.1) is 28.3 Å². The maximum absolute atomic E-state index is 12.6. The lowest BCUT2D eigenvalue weighted by atomic mass is 10.2. The zero-order chi connectivity index (χ0) is 13.9. The quantitative estimate of drug-likeness (QED) is 0.904. The second-order valence-corrected chi connectivity index (χ2v) is 5.48. The number of hydrogen-bond acceptors (Lipinski definition) is 6. The Bertz CT molecular complexity index is 600. The normalized spacial score (nSPS) is 18.8. The van der Waals surface area contributed by atoms with Crippen molar-refractivity contribution >= 4 is 17.2 Å². The van der Waals surface area contributed by atoms with Crippen LogP contribution < -0.4 is 5.32 Å². The third kappa shape index (κ3) is 2.41. The number of hydrogen-bond donors (Lipinski definition) is 1. The molecule has 20 heavy (non-hydrogen) atoms. The number of carbonyl (C=O) groups is 1. The van der Waals surface area contributed by atoms with Crippen LogP contribution in [0.2, 0.25) is 0 Å². The van der Waals surface area contributed by atoms with Crippen molar-refractivity contribution in [1.82, 2.24) is 25.2 Å². The molecule has 3 heterocycles. The van der Waals surface area contributed by atoms with Crippen molar-refractivity contribution in [3.05, 3.63) is 40.4 Å². The number of amides is 1. The second-order valence-electron chi connectivity index (χ2n) is 4.60. The molecule has 0 radical (unpaired) electrons. The molecule has 1 aliphatic rings. The first-order valence-corrected chi connectivity index (χ1v) is 7.30. The van der Waals surface area contributed by atoms with Crippen molar-refractivity contribution in [2.24, 2.45) is 0 Å². The van der Waals surface area contributed by atoms with Crippen LogP contribution in [0.4, 0.5) is 0 Å². The molecule has 0 saturated carbocycles. The maximum atomic E-state index is 12.6.